The number of hydrogen-bond acceptors (Lipinski definition) is 2. The number of aromatic nitrogens is 2. The second-order valence-electron chi connectivity index (χ2n) is 5.10. The highest BCUT2D eigenvalue weighted by molar-refractivity contribution is 5.36. The molecule has 2 heterocycles. The largest absolute Gasteiger partial charge is 0.317 e. The van der Waals surface area contributed by atoms with Crippen molar-refractivity contribution in [2.75, 3.05) is 13.1 Å². The third kappa shape index (κ3) is 2.40. The summed E-state index contributed by atoms with van der Waals surface area (Å²) in [5.74, 6) is 0.347. The van der Waals surface area contributed by atoms with Gasteiger partial charge in [-0.15, -0.1) is 0 Å². The van der Waals surface area contributed by atoms with Crippen molar-refractivity contribution in [2.45, 2.75) is 25.7 Å². The Kier molecular flexibility index (Phi) is 3.34. The van der Waals surface area contributed by atoms with Crippen molar-refractivity contribution in [1.29, 1.82) is 0 Å². The van der Waals surface area contributed by atoms with E-state index in [1.54, 1.807) is 6.07 Å². The van der Waals surface area contributed by atoms with Crippen LogP contribution in [0.15, 0.2) is 30.5 Å². The number of halogens is 1. The van der Waals surface area contributed by atoms with Crippen molar-refractivity contribution in [3.63, 3.8) is 0 Å². The minimum absolute atomic E-state index is 0.226. The molecule has 1 aliphatic heterocycles. The average molecular weight is 259 g/mol. The molecule has 0 spiro atoms. The highest BCUT2D eigenvalue weighted by Crippen LogP contribution is 2.28. The molecule has 0 radical (unpaired) electrons. The number of rotatable bonds is 2. The molecule has 0 amide bonds. The molecule has 0 aliphatic carbocycles. The highest BCUT2D eigenvalue weighted by atomic mass is 19.1. The fourth-order valence-electron chi connectivity index (χ4n) is 2.82. The van der Waals surface area contributed by atoms with E-state index in [4.69, 9.17) is 0 Å². The van der Waals surface area contributed by atoms with Gasteiger partial charge in [-0.05, 0) is 62.5 Å². The number of nitrogens with zero attached hydrogens (tertiary/aromatic N) is 2. The lowest BCUT2D eigenvalue weighted by atomic mass is 9.91. The van der Waals surface area contributed by atoms with Gasteiger partial charge >= 0.3 is 0 Å². The van der Waals surface area contributed by atoms with Gasteiger partial charge in [0.15, 0.2) is 0 Å². The molecular formula is C15H18FN3. The molecule has 1 aliphatic rings. The first-order valence-electron chi connectivity index (χ1n) is 6.77. The second kappa shape index (κ2) is 5.13. The third-order valence-electron chi connectivity index (χ3n) is 3.88. The van der Waals surface area contributed by atoms with Crippen molar-refractivity contribution in [3.05, 3.63) is 47.5 Å². The van der Waals surface area contributed by atoms with E-state index in [1.807, 2.05) is 16.9 Å². The molecule has 19 heavy (non-hydrogen) atoms. The normalized spacial score (nSPS) is 16.7. The van der Waals surface area contributed by atoms with Crippen LogP contribution in [0.5, 0.6) is 0 Å². The molecule has 1 fully saturated rings. The summed E-state index contributed by atoms with van der Waals surface area (Å²) < 4.78 is 15.1. The van der Waals surface area contributed by atoms with E-state index in [2.05, 4.69) is 17.3 Å². The zero-order valence-corrected chi connectivity index (χ0v) is 11.1. The fourth-order valence-corrected chi connectivity index (χ4v) is 2.82. The summed E-state index contributed by atoms with van der Waals surface area (Å²) in [4.78, 5) is 0. The second-order valence-corrected chi connectivity index (χ2v) is 5.10. The van der Waals surface area contributed by atoms with Gasteiger partial charge in [0.25, 0.3) is 0 Å². The molecule has 1 aromatic carbocycles. The molecule has 2 aromatic rings. The van der Waals surface area contributed by atoms with Gasteiger partial charge in [0.05, 0.1) is 11.9 Å². The Balaban J connectivity index is 1.94. The maximum Gasteiger partial charge on any atom is 0.125 e. The van der Waals surface area contributed by atoms with E-state index in [0.717, 1.165) is 37.3 Å². The molecule has 1 aromatic heterocycles. The van der Waals surface area contributed by atoms with Crippen LogP contribution in [0.3, 0.4) is 0 Å². The molecule has 3 rings (SSSR count). The van der Waals surface area contributed by atoms with Crippen LogP contribution < -0.4 is 5.32 Å². The van der Waals surface area contributed by atoms with E-state index < -0.39 is 0 Å². The summed E-state index contributed by atoms with van der Waals surface area (Å²) in [6.07, 6.45) is 4.24. The Bertz CT molecular complexity index is 571. The maximum atomic E-state index is 13.3. The maximum absolute atomic E-state index is 13.3. The average Bonchev–Trinajstić information content (AvgIpc) is 2.81. The zero-order chi connectivity index (χ0) is 13.2. The van der Waals surface area contributed by atoms with Crippen molar-refractivity contribution in [1.82, 2.24) is 15.1 Å². The van der Waals surface area contributed by atoms with Crippen molar-refractivity contribution >= 4 is 0 Å². The Labute approximate surface area is 112 Å². The predicted octanol–water partition coefficient (Wildman–Crippen LogP) is 2.79. The standard InChI is InChI=1S/C15H18FN3/c1-11-15(12-5-7-17-8-6-12)10-18-19(11)14-4-2-3-13(16)9-14/h2-4,9-10,12,17H,5-8H2,1H3. The summed E-state index contributed by atoms with van der Waals surface area (Å²) in [6.45, 7) is 4.19. The Hall–Kier alpha value is -1.68. The van der Waals surface area contributed by atoms with Crippen LogP contribution in [0.2, 0.25) is 0 Å². The highest BCUT2D eigenvalue weighted by Gasteiger charge is 2.20. The minimum Gasteiger partial charge on any atom is -0.317 e. The minimum atomic E-state index is -0.226. The summed E-state index contributed by atoms with van der Waals surface area (Å²) in [5, 5.41) is 7.80. The van der Waals surface area contributed by atoms with Crippen LogP contribution in [-0.2, 0) is 0 Å². The summed E-state index contributed by atoms with van der Waals surface area (Å²) in [7, 11) is 0. The lowest BCUT2D eigenvalue weighted by molar-refractivity contribution is 0.459. The van der Waals surface area contributed by atoms with Crippen LogP contribution in [-0.4, -0.2) is 22.9 Å². The molecule has 1 saturated heterocycles. The number of benzene rings is 1. The summed E-state index contributed by atoms with van der Waals surface area (Å²) in [5.41, 5.74) is 3.21. The molecule has 0 unspecified atom stereocenters. The summed E-state index contributed by atoms with van der Waals surface area (Å²) >= 11 is 0. The van der Waals surface area contributed by atoms with Gasteiger partial charge in [-0.2, -0.15) is 5.10 Å². The van der Waals surface area contributed by atoms with E-state index in [9.17, 15) is 4.39 Å². The van der Waals surface area contributed by atoms with Crippen LogP contribution >= 0.6 is 0 Å². The first-order valence-corrected chi connectivity index (χ1v) is 6.77. The zero-order valence-electron chi connectivity index (χ0n) is 11.1. The molecule has 1 N–H and O–H groups in total. The fraction of sp³-hybridized carbons (Fsp3) is 0.400. The molecule has 0 atom stereocenters. The van der Waals surface area contributed by atoms with Gasteiger partial charge < -0.3 is 5.32 Å². The van der Waals surface area contributed by atoms with Crippen LogP contribution in [0.4, 0.5) is 4.39 Å². The topological polar surface area (TPSA) is 29.9 Å². The van der Waals surface area contributed by atoms with Gasteiger partial charge in [0, 0.05) is 5.69 Å². The first kappa shape index (κ1) is 12.4. The lowest BCUT2D eigenvalue weighted by Gasteiger charge is -2.22. The van der Waals surface area contributed by atoms with Gasteiger partial charge in [-0.1, -0.05) is 6.07 Å². The van der Waals surface area contributed by atoms with Gasteiger partial charge in [-0.25, -0.2) is 9.07 Å². The Morgan fingerprint density at radius 3 is 2.84 bits per heavy atom. The van der Waals surface area contributed by atoms with E-state index in [1.165, 1.54) is 17.7 Å². The molecule has 0 saturated carbocycles. The molecule has 0 bridgehead atoms. The number of hydrogen-bond donors (Lipinski definition) is 1. The lowest BCUT2D eigenvalue weighted by Crippen LogP contribution is -2.26. The Morgan fingerprint density at radius 1 is 1.32 bits per heavy atom. The molecule has 100 valence electrons. The quantitative estimate of drug-likeness (QED) is 0.898. The van der Waals surface area contributed by atoms with Crippen LogP contribution in [0.1, 0.15) is 30.0 Å². The van der Waals surface area contributed by atoms with E-state index in [-0.39, 0.29) is 5.82 Å². The monoisotopic (exact) mass is 259 g/mol. The summed E-state index contributed by atoms with van der Waals surface area (Å²) in [6, 6.07) is 6.58. The van der Waals surface area contributed by atoms with Crippen molar-refractivity contribution in [2.24, 2.45) is 0 Å². The predicted molar refractivity (Wildman–Crippen MR) is 73.1 cm³/mol. The molecular weight excluding hydrogens is 241 g/mol. The molecule has 3 nitrogen and oxygen atoms in total. The van der Waals surface area contributed by atoms with Gasteiger partial charge in [0.2, 0.25) is 0 Å². The van der Waals surface area contributed by atoms with Gasteiger partial charge in [-0.3, -0.25) is 0 Å². The van der Waals surface area contributed by atoms with E-state index in [0.29, 0.717) is 5.92 Å². The number of piperidine rings is 1. The van der Waals surface area contributed by atoms with Gasteiger partial charge in [0.1, 0.15) is 5.82 Å². The van der Waals surface area contributed by atoms with Crippen molar-refractivity contribution < 1.29 is 4.39 Å². The van der Waals surface area contributed by atoms with Crippen LogP contribution in [0, 0.1) is 12.7 Å². The smallest absolute Gasteiger partial charge is 0.125 e. The number of nitrogens with one attached hydrogen (secondary N) is 1. The third-order valence-corrected chi connectivity index (χ3v) is 3.88. The first-order chi connectivity index (χ1) is 9.25. The van der Waals surface area contributed by atoms with Crippen molar-refractivity contribution in [3.8, 4) is 5.69 Å². The Morgan fingerprint density at radius 2 is 2.11 bits per heavy atom. The van der Waals surface area contributed by atoms with Crippen LogP contribution in [0.25, 0.3) is 5.69 Å². The van der Waals surface area contributed by atoms with E-state index >= 15 is 0 Å². The molecule has 4 heteroatoms. The SMILES string of the molecule is Cc1c(C2CCNCC2)cnn1-c1cccc(F)c1.